The van der Waals surface area contributed by atoms with Crippen LogP contribution in [0.15, 0.2) is 47.3 Å². The Morgan fingerprint density at radius 3 is 2.48 bits per heavy atom. The molecule has 0 aliphatic heterocycles. The lowest BCUT2D eigenvalue weighted by molar-refractivity contribution is -0.118. The van der Waals surface area contributed by atoms with Gasteiger partial charge in [0.15, 0.2) is 0 Å². The smallest absolute Gasteiger partial charge is 0.254 e. The molecule has 0 saturated heterocycles. The molecule has 0 bridgehead atoms. The van der Waals surface area contributed by atoms with Gasteiger partial charge in [-0.15, -0.1) is 0 Å². The molecule has 1 aromatic carbocycles. The van der Waals surface area contributed by atoms with Crippen molar-refractivity contribution in [3.63, 3.8) is 0 Å². The van der Waals surface area contributed by atoms with Crippen LogP contribution in [0, 0.1) is 0 Å². The zero-order valence-electron chi connectivity index (χ0n) is 14.3. The number of H-pyrrole nitrogens is 1. The molecule has 0 fully saturated rings. The number of amides is 2. The number of carbonyl (C=O) groups excluding carboxylic acids is 2. The minimum atomic E-state index is -0.460. The molecule has 25 heavy (non-hydrogen) atoms. The maximum atomic E-state index is 12.8. The van der Waals surface area contributed by atoms with E-state index in [-0.39, 0.29) is 24.4 Å². The van der Waals surface area contributed by atoms with E-state index in [1.807, 2.05) is 37.3 Å². The molecular formula is C19H23N3O3. The molecule has 0 radical (unpaired) electrons. The molecule has 2 rings (SSSR count). The highest BCUT2D eigenvalue weighted by Crippen LogP contribution is 2.08. The Morgan fingerprint density at radius 1 is 1.12 bits per heavy atom. The van der Waals surface area contributed by atoms with E-state index in [2.05, 4.69) is 4.98 Å². The minimum Gasteiger partial charge on any atom is -0.370 e. The summed E-state index contributed by atoms with van der Waals surface area (Å²) in [6, 6.07) is 12.8. The predicted molar refractivity (Wildman–Crippen MR) is 96.3 cm³/mol. The number of aromatic amines is 1. The first-order valence-corrected chi connectivity index (χ1v) is 8.34. The summed E-state index contributed by atoms with van der Waals surface area (Å²) in [5.74, 6) is -0.726. The maximum absolute atomic E-state index is 12.8. The number of nitrogens with one attached hydrogen (secondary N) is 1. The Morgan fingerprint density at radius 2 is 1.84 bits per heavy atom. The number of aryl methyl sites for hydroxylation is 1. The summed E-state index contributed by atoms with van der Waals surface area (Å²) in [4.78, 5) is 40.0. The van der Waals surface area contributed by atoms with Crippen LogP contribution in [0.3, 0.4) is 0 Å². The summed E-state index contributed by atoms with van der Waals surface area (Å²) in [5.41, 5.74) is 7.05. The third kappa shape index (κ3) is 5.60. The fraction of sp³-hybridized carbons (Fsp3) is 0.316. The van der Waals surface area contributed by atoms with Gasteiger partial charge >= 0.3 is 0 Å². The van der Waals surface area contributed by atoms with Crippen molar-refractivity contribution < 1.29 is 9.59 Å². The number of rotatable bonds is 8. The van der Waals surface area contributed by atoms with Crippen molar-refractivity contribution in [2.24, 2.45) is 5.73 Å². The molecule has 2 amide bonds. The molecule has 1 heterocycles. The highest BCUT2D eigenvalue weighted by atomic mass is 16.2. The molecule has 0 aliphatic rings. The molecule has 3 N–H and O–H groups in total. The van der Waals surface area contributed by atoms with E-state index in [9.17, 15) is 14.4 Å². The number of nitrogens with two attached hydrogens (primary N) is 1. The lowest BCUT2D eigenvalue weighted by Crippen LogP contribution is -2.36. The van der Waals surface area contributed by atoms with Crippen LogP contribution in [0.1, 0.15) is 35.0 Å². The van der Waals surface area contributed by atoms with Crippen LogP contribution in [0.2, 0.25) is 0 Å². The second-order valence-electron chi connectivity index (χ2n) is 5.86. The van der Waals surface area contributed by atoms with Crippen LogP contribution in [-0.2, 0) is 17.6 Å². The normalized spacial score (nSPS) is 10.4. The SMILES string of the molecule is CCc1cc(C(=O)N(CCC(N)=O)CCc2ccccc2)cc(=O)[nH]1. The van der Waals surface area contributed by atoms with Gasteiger partial charge in [0.2, 0.25) is 11.5 Å². The molecular weight excluding hydrogens is 318 g/mol. The second-order valence-corrected chi connectivity index (χ2v) is 5.86. The zero-order valence-corrected chi connectivity index (χ0v) is 14.3. The molecule has 0 atom stereocenters. The number of primary amides is 1. The zero-order chi connectivity index (χ0) is 18.2. The first-order valence-electron chi connectivity index (χ1n) is 8.34. The van der Waals surface area contributed by atoms with Crippen molar-refractivity contribution in [3.8, 4) is 0 Å². The van der Waals surface area contributed by atoms with E-state index in [1.165, 1.54) is 6.07 Å². The van der Waals surface area contributed by atoms with E-state index in [0.717, 1.165) is 5.56 Å². The first kappa shape index (κ1) is 18.4. The number of hydrogen-bond acceptors (Lipinski definition) is 3. The molecule has 1 aromatic heterocycles. The lowest BCUT2D eigenvalue weighted by Gasteiger charge is -2.22. The number of nitrogens with zero attached hydrogens (tertiary/aromatic N) is 1. The Labute approximate surface area is 146 Å². The number of aromatic nitrogens is 1. The Bertz CT molecular complexity index is 784. The summed E-state index contributed by atoms with van der Waals surface area (Å²) >= 11 is 0. The summed E-state index contributed by atoms with van der Waals surface area (Å²) in [6.07, 6.45) is 1.38. The maximum Gasteiger partial charge on any atom is 0.254 e. The molecule has 132 valence electrons. The summed E-state index contributed by atoms with van der Waals surface area (Å²) in [5, 5.41) is 0. The summed E-state index contributed by atoms with van der Waals surface area (Å²) in [6.45, 7) is 2.58. The van der Waals surface area contributed by atoms with Gasteiger partial charge in [0.05, 0.1) is 0 Å². The fourth-order valence-corrected chi connectivity index (χ4v) is 2.57. The third-order valence-electron chi connectivity index (χ3n) is 3.96. The van der Waals surface area contributed by atoms with Gasteiger partial charge in [-0.2, -0.15) is 0 Å². The standard InChI is InChI=1S/C19H23N3O3/c1-2-16-12-15(13-18(24)21-16)19(25)22(11-9-17(20)23)10-8-14-6-4-3-5-7-14/h3-7,12-13H,2,8-11H2,1H3,(H2,20,23)(H,21,24). The number of benzene rings is 1. The Kier molecular flexibility index (Phi) is 6.51. The van der Waals surface area contributed by atoms with Gasteiger partial charge in [-0.05, 0) is 24.5 Å². The van der Waals surface area contributed by atoms with Gasteiger partial charge in [0.25, 0.3) is 5.91 Å². The fourth-order valence-electron chi connectivity index (χ4n) is 2.57. The molecule has 0 aliphatic carbocycles. The minimum absolute atomic E-state index is 0.0877. The lowest BCUT2D eigenvalue weighted by atomic mass is 10.1. The molecule has 0 unspecified atom stereocenters. The quantitative estimate of drug-likeness (QED) is 0.761. The van der Waals surface area contributed by atoms with E-state index >= 15 is 0 Å². The van der Waals surface area contributed by atoms with Crippen molar-refractivity contribution in [1.29, 1.82) is 0 Å². The number of pyridine rings is 1. The topological polar surface area (TPSA) is 96.3 Å². The van der Waals surface area contributed by atoms with Crippen LogP contribution in [-0.4, -0.2) is 34.8 Å². The average molecular weight is 341 g/mol. The van der Waals surface area contributed by atoms with E-state index < -0.39 is 5.91 Å². The number of hydrogen-bond donors (Lipinski definition) is 2. The third-order valence-corrected chi connectivity index (χ3v) is 3.96. The van der Waals surface area contributed by atoms with Crippen LogP contribution >= 0.6 is 0 Å². The summed E-state index contributed by atoms with van der Waals surface area (Å²) in [7, 11) is 0. The van der Waals surface area contributed by atoms with Crippen molar-refractivity contribution in [1.82, 2.24) is 9.88 Å². The highest BCUT2D eigenvalue weighted by molar-refractivity contribution is 5.94. The van der Waals surface area contributed by atoms with Crippen LogP contribution in [0.25, 0.3) is 0 Å². The molecule has 6 heteroatoms. The number of carbonyl (C=O) groups is 2. The molecule has 6 nitrogen and oxygen atoms in total. The molecule has 0 spiro atoms. The summed E-state index contributed by atoms with van der Waals surface area (Å²) < 4.78 is 0. The van der Waals surface area contributed by atoms with Gasteiger partial charge in [-0.3, -0.25) is 14.4 Å². The van der Waals surface area contributed by atoms with Crippen molar-refractivity contribution in [2.75, 3.05) is 13.1 Å². The molecule has 2 aromatic rings. The first-order chi connectivity index (χ1) is 12.0. The van der Waals surface area contributed by atoms with E-state index in [0.29, 0.717) is 30.6 Å². The second kappa shape index (κ2) is 8.82. The molecule has 0 saturated carbocycles. The van der Waals surface area contributed by atoms with Crippen LogP contribution in [0.4, 0.5) is 0 Å². The van der Waals surface area contributed by atoms with Gasteiger partial charge < -0.3 is 15.6 Å². The average Bonchev–Trinajstić information content (AvgIpc) is 2.61. The van der Waals surface area contributed by atoms with E-state index in [1.54, 1.807) is 11.0 Å². The van der Waals surface area contributed by atoms with Crippen molar-refractivity contribution in [3.05, 3.63) is 69.6 Å². The van der Waals surface area contributed by atoms with Gasteiger partial charge in [-0.25, -0.2) is 0 Å². The van der Waals surface area contributed by atoms with Crippen molar-refractivity contribution >= 4 is 11.8 Å². The largest absolute Gasteiger partial charge is 0.370 e. The Balaban J connectivity index is 2.18. The Hall–Kier alpha value is -2.89. The predicted octanol–water partition coefficient (Wildman–Crippen LogP) is 1.50. The van der Waals surface area contributed by atoms with Gasteiger partial charge in [-0.1, -0.05) is 37.3 Å². The van der Waals surface area contributed by atoms with Crippen LogP contribution < -0.4 is 11.3 Å². The van der Waals surface area contributed by atoms with Gasteiger partial charge in [0.1, 0.15) is 0 Å². The van der Waals surface area contributed by atoms with Crippen LogP contribution in [0.5, 0.6) is 0 Å². The monoisotopic (exact) mass is 341 g/mol. The van der Waals surface area contributed by atoms with E-state index in [4.69, 9.17) is 5.73 Å². The van der Waals surface area contributed by atoms with Gasteiger partial charge in [0, 0.05) is 36.8 Å². The van der Waals surface area contributed by atoms with Crippen molar-refractivity contribution in [2.45, 2.75) is 26.2 Å². The highest BCUT2D eigenvalue weighted by Gasteiger charge is 2.17.